The van der Waals surface area contributed by atoms with Gasteiger partial charge in [0.05, 0.1) is 12.5 Å². The first kappa shape index (κ1) is 23.4. The van der Waals surface area contributed by atoms with Crippen LogP contribution in [0.3, 0.4) is 0 Å². The first-order chi connectivity index (χ1) is 15.8. The number of carbonyl (C=O) groups is 2. The maximum absolute atomic E-state index is 12.8. The van der Waals surface area contributed by atoms with Crippen molar-refractivity contribution in [3.8, 4) is 0 Å². The van der Waals surface area contributed by atoms with Crippen molar-refractivity contribution < 1.29 is 19.4 Å². The number of hydrogen-bond donors (Lipinski definition) is 1. The monoisotopic (exact) mass is 462 g/mol. The number of aliphatic hydroxyl groups excluding tert-OH is 1. The van der Waals surface area contributed by atoms with Gasteiger partial charge in [0.1, 0.15) is 0 Å². The molecular formula is C30H38O4. The highest BCUT2D eigenvalue weighted by molar-refractivity contribution is 6.20. The first-order valence-electron chi connectivity index (χ1n) is 12.7. The van der Waals surface area contributed by atoms with Crippen molar-refractivity contribution >= 4 is 29.0 Å². The zero-order valence-electron chi connectivity index (χ0n) is 21.7. The highest BCUT2D eigenvalue weighted by atomic mass is 16.5. The number of fused-ring (bicyclic) bond motifs is 7. The summed E-state index contributed by atoms with van der Waals surface area (Å²) in [6, 6.07) is 4.35. The number of benzene rings is 1. The lowest BCUT2D eigenvalue weighted by atomic mass is 9.38. The van der Waals surface area contributed by atoms with E-state index in [0.29, 0.717) is 11.5 Å². The third kappa shape index (κ3) is 2.77. The van der Waals surface area contributed by atoms with Crippen LogP contribution in [0.1, 0.15) is 91.2 Å². The van der Waals surface area contributed by atoms with Gasteiger partial charge in [0, 0.05) is 5.57 Å². The van der Waals surface area contributed by atoms with E-state index in [9.17, 15) is 14.7 Å². The van der Waals surface area contributed by atoms with Crippen LogP contribution in [0.25, 0.3) is 17.2 Å². The summed E-state index contributed by atoms with van der Waals surface area (Å²) < 4.78 is 5.26. The molecule has 4 aliphatic rings. The molecule has 0 aromatic heterocycles. The normalized spacial score (nSPS) is 38.9. The van der Waals surface area contributed by atoms with Crippen molar-refractivity contribution in [2.45, 2.75) is 85.5 Å². The average Bonchev–Trinajstić information content (AvgIpc) is 2.80. The molecule has 182 valence electrons. The molecule has 1 aromatic carbocycles. The Kier molecular flexibility index (Phi) is 4.87. The molecule has 0 amide bonds. The van der Waals surface area contributed by atoms with Crippen molar-refractivity contribution in [2.24, 2.45) is 22.2 Å². The van der Waals surface area contributed by atoms with E-state index >= 15 is 0 Å². The summed E-state index contributed by atoms with van der Waals surface area (Å²) in [5.41, 5.74) is 3.94. The summed E-state index contributed by atoms with van der Waals surface area (Å²) in [5, 5.41) is 12.4. The molecule has 2 fully saturated rings. The van der Waals surface area contributed by atoms with Crippen LogP contribution in [-0.4, -0.2) is 24.0 Å². The van der Waals surface area contributed by atoms with Gasteiger partial charge in [-0.25, -0.2) is 0 Å². The second-order valence-electron chi connectivity index (χ2n) is 12.6. The molecule has 4 aliphatic carbocycles. The molecule has 5 atom stereocenters. The lowest BCUT2D eigenvalue weighted by Crippen LogP contribution is -2.63. The van der Waals surface area contributed by atoms with Gasteiger partial charge in [-0.15, -0.1) is 0 Å². The summed E-state index contributed by atoms with van der Waals surface area (Å²) in [6.07, 6.45) is 7.61. The smallest absolute Gasteiger partial charge is 0.311 e. The summed E-state index contributed by atoms with van der Waals surface area (Å²) >= 11 is 0. The summed E-state index contributed by atoms with van der Waals surface area (Å²) in [5.74, 6) is -0.129. The Balaban J connectivity index is 1.72. The molecule has 0 heterocycles. The minimum atomic E-state index is -0.441. The van der Waals surface area contributed by atoms with Gasteiger partial charge >= 0.3 is 5.97 Å². The van der Waals surface area contributed by atoms with Crippen molar-refractivity contribution in [2.75, 3.05) is 7.11 Å². The van der Waals surface area contributed by atoms with Crippen LogP contribution >= 0.6 is 0 Å². The number of aliphatic hydroxyl groups is 1. The number of hydrogen-bond acceptors (Lipinski definition) is 4. The Bertz CT molecular complexity index is 1290. The van der Waals surface area contributed by atoms with E-state index in [4.69, 9.17) is 4.74 Å². The standard InChI is InChI=1S/C30H38O4/c1-17-15-30(6)23-16-28(4,26(33)34-7)11-10-27(23,3)12-13-29(30,5)21-9-8-19-18(2)25(32)22(31)14-20(19)24(17)21/h8-9,14,23,32H,10-13,15-16H2,1-7H3/t23-,27-,28-,29-,30+/m1/s1. The fourth-order valence-electron chi connectivity index (χ4n) is 8.39. The van der Waals surface area contributed by atoms with E-state index in [-0.39, 0.29) is 33.8 Å². The van der Waals surface area contributed by atoms with Gasteiger partial charge in [-0.3, -0.25) is 9.59 Å². The molecule has 0 unspecified atom stereocenters. The third-order valence-electron chi connectivity index (χ3n) is 10.8. The van der Waals surface area contributed by atoms with Gasteiger partial charge in [0.2, 0.25) is 5.78 Å². The number of carbonyl (C=O) groups excluding carboxylic acids is 2. The lowest BCUT2D eigenvalue weighted by Gasteiger charge is -2.66. The van der Waals surface area contributed by atoms with Crippen LogP contribution in [0.5, 0.6) is 0 Å². The largest absolute Gasteiger partial charge is 0.504 e. The molecule has 0 aliphatic heterocycles. The molecule has 5 rings (SSSR count). The summed E-state index contributed by atoms with van der Waals surface area (Å²) in [6.45, 7) is 13.5. The van der Waals surface area contributed by atoms with E-state index in [0.717, 1.165) is 49.3 Å². The Morgan fingerprint density at radius 3 is 2.41 bits per heavy atom. The van der Waals surface area contributed by atoms with Crippen LogP contribution in [0, 0.1) is 22.2 Å². The Morgan fingerprint density at radius 1 is 1.06 bits per heavy atom. The highest BCUT2D eigenvalue weighted by Crippen LogP contribution is 2.69. The van der Waals surface area contributed by atoms with E-state index in [1.807, 2.05) is 6.92 Å². The van der Waals surface area contributed by atoms with Crippen molar-refractivity contribution in [3.63, 3.8) is 0 Å². The molecule has 0 bridgehead atoms. The summed E-state index contributed by atoms with van der Waals surface area (Å²) in [4.78, 5) is 25.4. The minimum absolute atomic E-state index is 0.00722. The highest BCUT2D eigenvalue weighted by Gasteiger charge is 2.64. The minimum Gasteiger partial charge on any atom is -0.504 e. The number of Topliss-reactive ketones (excluding diaryl/α,β-unsaturated/α-hetero) is 1. The Hall–Kier alpha value is -2.36. The zero-order valence-corrected chi connectivity index (χ0v) is 21.7. The van der Waals surface area contributed by atoms with Gasteiger partial charge in [-0.05, 0) is 109 Å². The Labute approximate surface area is 202 Å². The maximum Gasteiger partial charge on any atom is 0.311 e. The fourth-order valence-corrected chi connectivity index (χ4v) is 8.39. The van der Waals surface area contributed by atoms with Gasteiger partial charge in [0.25, 0.3) is 0 Å². The third-order valence-corrected chi connectivity index (χ3v) is 10.8. The van der Waals surface area contributed by atoms with E-state index in [1.165, 1.54) is 23.5 Å². The maximum atomic E-state index is 12.8. The number of esters is 1. The number of ketones is 1. The van der Waals surface area contributed by atoms with Crippen LogP contribution in [0.4, 0.5) is 0 Å². The second-order valence-corrected chi connectivity index (χ2v) is 12.6. The van der Waals surface area contributed by atoms with E-state index in [2.05, 4.69) is 46.8 Å². The number of rotatable bonds is 1. The quantitative estimate of drug-likeness (QED) is 0.600. The van der Waals surface area contributed by atoms with Gasteiger partial charge < -0.3 is 9.84 Å². The molecule has 4 nitrogen and oxygen atoms in total. The van der Waals surface area contributed by atoms with Gasteiger partial charge in [-0.1, -0.05) is 38.5 Å². The zero-order chi connectivity index (χ0) is 24.8. The predicted octanol–water partition coefficient (Wildman–Crippen LogP) is 4.96. The van der Waals surface area contributed by atoms with E-state index < -0.39 is 5.41 Å². The molecule has 0 radical (unpaired) electrons. The Morgan fingerprint density at radius 2 is 1.74 bits per heavy atom. The predicted molar refractivity (Wildman–Crippen MR) is 134 cm³/mol. The fraction of sp³-hybridized carbons (Fsp3) is 0.600. The number of allylic oxidation sites excluding steroid dienone is 2. The van der Waals surface area contributed by atoms with Crippen molar-refractivity contribution in [3.05, 3.63) is 39.5 Å². The molecule has 34 heavy (non-hydrogen) atoms. The van der Waals surface area contributed by atoms with Gasteiger partial charge in [0.15, 0.2) is 5.76 Å². The first-order valence-corrected chi connectivity index (χ1v) is 12.7. The topological polar surface area (TPSA) is 63.6 Å². The molecular weight excluding hydrogens is 424 g/mol. The van der Waals surface area contributed by atoms with Gasteiger partial charge in [-0.2, -0.15) is 0 Å². The molecule has 4 heteroatoms. The van der Waals surface area contributed by atoms with Crippen LogP contribution < -0.4 is 10.4 Å². The molecule has 0 saturated heterocycles. The van der Waals surface area contributed by atoms with Crippen LogP contribution in [0.2, 0.25) is 0 Å². The van der Waals surface area contributed by atoms with Crippen LogP contribution in [0.15, 0.2) is 17.9 Å². The molecule has 2 saturated carbocycles. The summed E-state index contributed by atoms with van der Waals surface area (Å²) in [7, 11) is 1.51. The number of methoxy groups -OCH3 is 1. The average molecular weight is 463 g/mol. The van der Waals surface area contributed by atoms with Crippen LogP contribution in [-0.2, 0) is 19.7 Å². The van der Waals surface area contributed by atoms with Crippen molar-refractivity contribution in [1.82, 2.24) is 0 Å². The molecule has 1 N–H and O–H groups in total. The molecule has 0 spiro atoms. The van der Waals surface area contributed by atoms with Crippen molar-refractivity contribution in [1.29, 1.82) is 0 Å². The van der Waals surface area contributed by atoms with E-state index in [1.54, 1.807) is 6.08 Å². The SMILES string of the molecule is COC(=O)[C@]1(C)CC[C@]2(C)CC[C@]3(C)c4ccc5c(c4=C(C)C[C@@]3(C)[C@@H]2C1)=CC(=O)C(O)=C5C. The number of ether oxygens (including phenoxy) is 1. The molecule has 1 aromatic rings. The lowest BCUT2D eigenvalue weighted by molar-refractivity contribution is -0.168. The second kappa shape index (κ2) is 7.08.